The van der Waals surface area contributed by atoms with Gasteiger partial charge in [0.05, 0.1) is 17.7 Å². The number of carbonyl (C=O) groups excluding carboxylic acids is 1. The van der Waals surface area contributed by atoms with Crippen LogP contribution in [0, 0.1) is 0 Å². The predicted molar refractivity (Wildman–Crippen MR) is 76.0 cm³/mol. The van der Waals surface area contributed by atoms with Crippen molar-refractivity contribution < 1.29 is 9.90 Å². The van der Waals surface area contributed by atoms with Gasteiger partial charge < -0.3 is 15.7 Å². The summed E-state index contributed by atoms with van der Waals surface area (Å²) in [5, 5.41) is 16.4. The standard InChI is InChI=1S/C15H17N3O2/c19-12-7-13(17-9-12)15(20)18-8-11-4-1-3-10-5-2-6-16-14(10)11/h1-6,12-13,17,19H,7-9H2,(H,18,20)/t12-,13+/m1/s1. The summed E-state index contributed by atoms with van der Waals surface area (Å²) in [5.74, 6) is -0.0746. The number of aromatic nitrogens is 1. The van der Waals surface area contributed by atoms with E-state index < -0.39 is 6.10 Å². The lowest BCUT2D eigenvalue weighted by Crippen LogP contribution is -2.40. The summed E-state index contributed by atoms with van der Waals surface area (Å²) in [7, 11) is 0. The predicted octanol–water partition coefficient (Wildman–Crippen LogP) is 0.574. The Labute approximate surface area is 117 Å². The Morgan fingerprint density at radius 1 is 1.40 bits per heavy atom. The number of aliphatic hydroxyl groups is 1. The minimum Gasteiger partial charge on any atom is -0.392 e. The molecule has 3 N–H and O–H groups in total. The molecule has 0 unspecified atom stereocenters. The third kappa shape index (κ3) is 2.64. The van der Waals surface area contributed by atoms with Crippen molar-refractivity contribution in [2.75, 3.05) is 6.54 Å². The number of amides is 1. The number of benzene rings is 1. The number of β-amino-alcohol motifs (C(OH)–C–C–N with tert-alkyl or cyclic N) is 1. The van der Waals surface area contributed by atoms with E-state index in [1.165, 1.54) is 0 Å². The van der Waals surface area contributed by atoms with Gasteiger partial charge in [0.25, 0.3) is 0 Å². The van der Waals surface area contributed by atoms with Gasteiger partial charge in [0.1, 0.15) is 0 Å². The molecule has 1 saturated heterocycles. The minimum absolute atomic E-state index is 0.0746. The fourth-order valence-electron chi connectivity index (χ4n) is 2.53. The largest absolute Gasteiger partial charge is 0.392 e. The number of nitrogens with zero attached hydrogens (tertiary/aromatic N) is 1. The second-order valence-electron chi connectivity index (χ2n) is 5.06. The molecule has 1 aliphatic rings. The molecular formula is C15H17N3O2. The third-order valence-corrected chi connectivity index (χ3v) is 3.59. The van der Waals surface area contributed by atoms with Crippen molar-refractivity contribution in [3.05, 3.63) is 42.1 Å². The van der Waals surface area contributed by atoms with Gasteiger partial charge in [-0.3, -0.25) is 9.78 Å². The van der Waals surface area contributed by atoms with E-state index in [4.69, 9.17) is 0 Å². The lowest BCUT2D eigenvalue weighted by atomic mass is 10.1. The Balaban J connectivity index is 1.69. The summed E-state index contributed by atoms with van der Waals surface area (Å²) < 4.78 is 0. The molecule has 2 atom stereocenters. The molecular weight excluding hydrogens is 254 g/mol. The van der Waals surface area contributed by atoms with E-state index >= 15 is 0 Å². The second kappa shape index (κ2) is 5.56. The molecule has 1 aromatic heterocycles. The number of fused-ring (bicyclic) bond motifs is 1. The third-order valence-electron chi connectivity index (χ3n) is 3.59. The lowest BCUT2D eigenvalue weighted by molar-refractivity contribution is -0.123. The van der Waals surface area contributed by atoms with Crippen LogP contribution >= 0.6 is 0 Å². The average Bonchev–Trinajstić information content (AvgIpc) is 2.91. The highest BCUT2D eigenvalue weighted by atomic mass is 16.3. The molecule has 5 heteroatoms. The fourth-order valence-corrected chi connectivity index (χ4v) is 2.53. The van der Waals surface area contributed by atoms with Gasteiger partial charge in [0.15, 0.2) is 0 Å². The molecule has 104 valence electrons. The number of hydrogen-bond donors (Lipinski definition) is 3. The molecule has 3 rings (SSSR count). The number of aliphatic hydroxyl groups excluding tert-OH is 1. The molecule has 0 bridgehead atoms. The molecule has 0 radical (unpaired) electrons. The van der Waals surface area contributed by atoms with Gasteiger partial charge in [-0.1, -0.05) is 24.3 Å². The Kier molecular flexibility index (Phi) is 3.62. The molecule has 0 spiro atoms. The molecule has 20 heavy (non-hydrogen) atoms. The Bertz CT molecular complexity index is 624. The number of nitrogens with one attached hydrogen (secondary N) is 2. The van der Waals surface area contributed by atoms with E-state index in [0.29, 0.717) is 19.5 Å². The van der Waals surface area contributed by atoms with Crippen molar-refractivity contribution in [2.24, 2.45) is 0 Å². The number of pyridine rings is 1. The molecule has 2 heterocycles. The van der Waals surface area contributed by atoms with Crippen LogP contribution in [0.2, 0.25) is 0 Å². The molecule has 1 fully saturated rings. The molecule has 0 aliphatic carbocycles. The lowest BCUT2D eigenvalue weighted by Gasteiger charge is -2.12. The molecule has 0 saturated carbocycles. The Morgan fingerprint density at radius 3 is 3.05 bits per heavy atom. The van der Waals surface area contributed by atoms with E-state index in [1.807, 2.05) is 30.3 Å². The molecule has 1 amide bonds. The summed E-state index contributed by atoms with van der Waals surface area (Å²) in [6.45, 7) is 0.926. The maximum atomic E-state index is 12.0. The minimum atomic E-state index is -0.426. The van der Waals surface area contributed by atoms with Crippen molar-refractivity contribution in [3.63, 3.8) is 0 Å². The average molecular weight is 271 g/mol. The van der Waals surface area contributed by atoms with Crippen LogP contribution in [0.1, 0.15) is 12.0 Å². The van der Waals surface area contributed by atoms with Gasteiger partial charge >= 0.3 is 0 Å². The van der Waals surface area contributed by atoms with Crippen LogP contribution in [0.25, 0.3) is 10.9 Å². The van der Waals surface area contributed by atoms with Crippen LogP contribution in [0.5, 0.6) is 0 Å². The van der Waals surface area contributed by atoms with Gasteiger partial charge in [-0.25, -0.2) is 0 Å². The van der Waals surface area contributed by atoms with E-state index in [2.05, 4.69) is 15.6 Å². The smallest absolute Gasteiger partial charge is 0.237 e. The molecule has 1 aromatic carbocycles. The van der Waals surface area contributed by atoms with Crippen molar-refractivity contribution in [2.45, 2.75) is 25.1 Å². The Hall–Kier alpha value is -1.98. The van der Waals surface area contributed by atoms with Crippen LogP contribution in [-0.4, -0.2) is 34.7 Å². The van der Waals surface area contributed by atoms with E-state index in [-0.39, 0.29) is 11.9 Å². The molecule has 1 aliphatic heterocycles. The first-order valence-electron chi connectivity index (χ1n) is 6.76. The Morgan fingerprint density at radius 2 is 2.25 bits per heavy atom. The first kappa shape index (κ1) is 13.0. The second-order valence-corrected chi connectivity index (χ2v) is 5.06. The number of carbonyl (C=O) groups is 1. The summed E-state index contributed by atoms with van der Waals surface area (Å²) >= 11 is 0. The first-order chi connectivity index (χ1) is 9.74. The quantitative estimate of drug-likeness (QED) is 0.763. The summed E-state index contributed by atoms with van der Waals surface area (Å²) in [5.41, 5.74) is 1.91. The normalized spacial score (nSPS) is 22.1. The summed E-state index contributed by atoms with van der Waals surface area (Å²) in [4.78, 5) is 16.4. The van der Waals surface area contributed by atoms with Gasteiger partial charge in [0.2, 0.25) is 5.91 Å². The highest BCUT2D eigenvalue weighted by molar-refractivity contribution is 5.84. The van der Waals surface area contributed by atoms with Crippen molar-refractivity contribution in [1.29, 1.82) is 0 Å². The number of hydrogen-bond acceptors (Lipinski definition) is 4. The van der Waals surface area contributed by atoms with Crippen LogP contribution < -0.4 is 10.6 Å². The van der Waals surface area contributed by atoms with Crippen LogP contribution in [-0.2, 0) is 11.3 Å². The number of rotatable bonds is 3. The summed E-state index contributed by atoms with van der Waals surface area (Å²) in [6, 6.07) is 9.53. The first-order valence-corrected chi connectivity index (χ1v) is 6.76. The van der Waals surface area contributed by atoms with Crippen molar-refractivity contribution in [3.8, 4) is 0 Å². The molecule has 2 aromatic rings. The van der Waals surface area contributed by atoms with Crippen molar-refractivity contribution >= 4 is 16.8 Å². The van der Waals surface area contributed by atoms with Crippen LogP contribution in [0.15, 0.2) is 36.5 Å². The van der Waals surface area contributed by atoms with Crippen molar-refractivity contribution in [1.82, 2.24) is 15.6 Å². The fraction of sp³-hybridized carbons (Fsp3) is 0.333. The maximum absolute atomic E-state index is 12.0. The van der Waals surface area contributed by atoms with Crippen LogP contribution in [0.4, 0.5) is 0 Å². The highest BCUT2D eigenvalue weighted by Crippen LogP contribution is 2.15. The zero-order valence-corrected chi connectivity index (χ0v) is 11.0. The monoisotopic (exact) mass is 271 g/mol. The maximum Gasteiger partial charge on any atom is 0.237 e. The number of para-hydroxylation sites is 1. The van der Waals surface area contributed by atoms with E-state index in [9.17, 15) is 9.90 Å². The zero-order chi connectivity index (χ0) is 13.9. The van der Waals surface area contributed by atoms with Gasteiger partial charge in [-0.05, 0) is 18.1 Å². The SMILES string of the molecule is O=C(NCc1cccc2cccnc12)[C@@H]1C[C@@H](O)CN1. The topological polar surface area (TPSA) is 74.2 Å². The van der Waals surface area contributed by atoms with Gasteiger partial charge in [-0.15, -0.1) is 0 Å². The van der Waals surface area contributed by atoms with E-state index in [0.717, 1.165) is 16.5 Å². The summed E-state index contributed by atoms with van der Waals surface area (Å²) in [6.07, 6.45) is 1.80. The highest BCUT2D eigenvalue weighted by Gasteiger charge is 2.27. The van der Waals surface area contributed by atoms with Gasteiger partial charge in [-0.2, -0.15) is 0 Å². The van der Waals surface area contributed by atoms with E-state index in [1.54, 1.807) is 6.20 Å². The van der Waals surface area contributed by atoms with Crippen LogP contribution in [0.3, 0.4) is 0 Å². The van der Waals surface area contributed by atoms with Gasteiger partial charge in [0, 0.05) is 24.7 Å². The zero-order valence-electron chi connectivity index (χ0n) is 11.0. The molecule has 5 nitrogen and oxygen atoms in total.